The summed E-state index contributed by atoms with van der Waals surface area (Å²) in [4.78, 5) is 22.0. The van der Waals surface area contributed by atoms with E-state index in [4.69, 9.17) is 17.0 Å². The van der Waals surface area contributed by atoms with Crippen molar-refractivity contribution in [3.05, 3.63) is 64.2 Å². The number of nitro benzene ring substituents is 1. The molecular formula is C15H14N4O4S. The van der Waals surface area contributed by atoms with Crippen LogP contribution in [0.3, 0.4) is 0 Å². The first kappa shape index (κ1) is 17.2. The Hall–Kier alpha value is -3.20. The number of carbonyl (C=O) groups is 1. The Morgan fingerprint density at radius 2 is 1.71 bits per heavy atom. The zero-order valence-electron chi connectivity index (χ0n) is 12.6. The summed E-state index contributed by atoms with van der Waals surface area (Å²) in [5, 5.41) is 13.6. The molecule has 24 heavy (non-hydrogen) atoms. The molecular weight excluding hydrogens is 332 g/mol. The van der Waals surface area contributed by atoms with E-state index in [0.29, 0.717) is 5.75 Å². The predicted molar refractivity (Wildman–Crippen MR) is 92.9 cm³/mol. The van der Waals surface area contributed by atoms with E-state index in [0.717, 1.165) is 5.69 Å². The molecule has 0 saturated heterocycles. The number of non-ortho nitro benzene ring substituents is 1. The summed E-state index contributed by atoms with van der Waals surface area (Å²) in [6, 6.07) is 12.3. The Morgan fingerprint density at radius 3 is 2.25 bits per heavy atom. The fourth-order valence-electron chi connectivity index (χ4n) is 1.76. The Kier molecular flexibility index (Phi) is 5.63. The molecule has 0 aliphatic rings. The molecule has 0 spiro atoms. The summed E-state index contributed by atoms with van der Waals surface area (Å²) in [6.45, 7) is 0. The minimum Gasteiger partial charge on any atom is -0.497 e. The lowest BCUT2D eigenvalue weighted by atomic mass is 10.2. The van der Waals surface area contributed by atoms with Gasteiger partial charge < -0.3 is 10.1 Å². The van der Waals surface area contributed by atoms with Gasteiger partial charge in [0.2, 0.25) is 0 Å². The molecule has 0 heterocycles. The van der Waals surface area contributed by atoms with Crippen molar-refractivity contribution >= 4 is 34.6 Å². The number of benzene rings is 2. The molecule has 124 valence electrons. The molecule has 0 fully saturated rings. The highest BCUT2D eigenvalue weighted by Crippen LogP contribution is 2.14. The number of hydrazine groups is 1. The van der Waals surface area contributed by atoms with Crippen molar-refractivity contribution in [2.24, 2.45) is 0 Å². The van der Waals surface area contributed by atoms with Crippen molar-refractivity contribution in [2.45, 2.75) is 0 Å². The van der Waals surface area contributed by atoms with Crippen LogP contribution in [0.15, 0.2) is 48.5 Å². The van der Waals surface area contributed by atoms with Crippen LogP contribution in [0.1, 0.15) is 10.4 Å². The van der Waals surface area contributed by atoms with Crippen LogP contribution in [-0.2, 0) is 0 Å². The fourth-order valence-corrected chi connectivity index (χ4v) is 1.93. The van der Waals surface area contributed by atoms with Crippen LogP contribution < -0.4 is 20.9 Å². The number of rotatable bonds is 4. The van der Waals surface area contributed by atoms with E-state index in [9.17, 15) is 14.9 Å². The van der Waals surface area contributed by atoms with Gasteiger partial charge in [-0.05, 0) is 48.6 Å². The summed E-state index contributed by atoms with van der Waals surface area (Å²) in [6.07, 6.45) is 0. The zero-order valence-corrected chi connectivity index (χ0v) is 13.4. The molecule has 0 saturated carbocycles. The number of thiocarbonyl (C=S) groups is 1. The van der Waals surface area contributed by atoms with Crippen LogP contribution in [0.5, 0.6) is 5.75 Å². The van der Waals surface area contributed by atoms with Gasteiger partial charge in [0.15, 0.2) is 5.11 Å². The van der Waals surface area contributed by atoms with E-state index < -0.39 is 10.8 Å². The first-order chi connectivity index (χ1) is 11.5. The van der Waals surface area contributed by atoms with Gasteiger partial charge in [0.25, 0.3) is 11.6 Å². The average molecular weight is 346 g/mol. The molecule has 1 amide bonds. The lowest BCUT2D eigenvalue weighted by Crippen LogP contribution is -2.43. The van der Waals surface area contributed by atoms with Gasteiger partial charge in [-0.2, -0.15) is 0 Å². The monoisotopic (exact) mass is 346 g/mol. The maximum Gasteiger partial charge on any atom is 0.269 e. The third kappa shape index (κ3) is 4.65. The van der Waals surface area contributed by atoms with Gasteiger partial charge in [0.1, 0.15) is 5.75 Å². The van der Waals surface area contributed by atoms with Crippen molar-refractivity contribution in [3.63, 3.8) is 0 Å². The van der Waals surface area contributed by atoms with E-state index in [1.165, 1.54) is 24.3 Å². The van der Waals surface area contributed by atoms with Gasteiger partial charge in [-0.1, -0.05) is 0 Å². The molecule has 0 aliphatic heterocycles. The lowest BCUT2D eigenvalue weighted by molar-refractivity contribution is -0.384. The lowest BCUT2D eigenvalue weighted by Gasteiger charge is -2.12. The van der Waals surface area contributed by atoms with Crippen molar-refractivity contribution in [1.29, 1.82) is 0 Å². The largest absolute Gasteiger partial charge is 0.497 e. The van der Waals surface area contributed by atoms with Crippen LogP contribution in [0.4, 0.5) is 11.4 Å². The summed E-state index contributed by atoms with van der Waals surface area (Å²) in [5.41, 5.74) is 5.85. The van der Waals surface area contributed by atoms with Gasteiger partial charge >= 0.3 is 0 Å². The minimum atomic E-state index is -0.534. The van der Waals surface area contributed by atoms with Gasteiger partial charge in [-0.15, -0.1) is 0 Å². The van der Waals surface area contributed by atoms with Gasteiger partial charge in [0, 0.05) is 23.4 Å². The number of hydrogen-bond donors (Lipinski definition) is 3. The van der Waals surface area contributed by atoms with Crippen molar-refractivity contribution in [1.82, 2.24) is 10.9 Å². The Bertz CT molecular complexity index is 747. The molecule has 2 rings (SSSR count). The van der Waals surface area contributed by atoms with Crippen molar-refractivity contribution in [3.8, 4) is 5.75 Å². The number of nitro groups is 1. The minimum absolute atomic E-state index is 0.0868. The highest BCUT2D eigenvalue weighted by molar-refractivity contribution is 7.80. The second-order valence-corrected chi connectivity index (χ2v) is 4.97. The average Bonchev–Trinajstić information content (AvgIpc) is 2.60. The second-order valence-electron chi connectivity index (χ2n) is 4.57. The number of carbonyl (C=O) groups excluding carboxylic acids is 1. The zero-order chi connectivity index (χ0) is 17.5. The fraction of sp³-hybridized carbons (Fsp3) is 0.0667. The maximum atomic E-state index is 11.9. The van der Waals surface area contributed by atoms with E-state index >= 15 is 0 Å². The van der Waals surface area contributed by atoms with E-state index in [2.05, 4.69) is 16.2 Å². The highest BCUT2D eigenvalue weighted by Gasteiger charge is 2.09. The molecule has 0 aliphatic carbocycles. The quantitative estimate of drug-likeness (QED) is 0.443. The van der Waals surface area contributed by atoms with Crippen LogP contribution in [0, 0.1) is 10.1 Å². The third-order valence-corrected chi connectivity index (χ3v) is 3.18. The van der Waals surface area contributed by atoms with Crippen LogP contribution in [0.25, 0.3) is 0 Å². The number of hydrogen-bond acceptors (Lipinski definition) is 5. The SMILES string of the molecule is COc1ccc(NC(=S)NNC(=O)c2ccc([N+](=O)[O-])cc2)cc1. The molecule has 9 heteroatoms. The first-order valence-electron chi connectivity index (χ1n) is 6.75. The number of anilines is 1. The summed E-state index contributed by atoms with van der Waals surface area (Å²) in [7, 11) is 1.57. The Balaban J connectivity index is 1.86. The highest BCUT2D eigenvalue weighted by atomic mass is 32.1. The van der Waals surface area contributed by atoms with E-state index in [1.807, 2.05) is 0 Å². The molecule has 0 radical (unpaired) electrons. The Labute approximate surface area is 142 Å². The second kappa shape index (κ2) is 7.88. The topological polar surface area (TPSA) is 106 Å². The van der Waals surface area contributed by atoms with Crippen molar-refractivity contribution < 1.29 is 14.5 Å². The van der Waals surface area contributed by atoms with E-state index in [1.54, 1.807) is 31.4 Å². The first-order valence-corrected chi connectivity index (χ1v) is 7.16. The molecule has 3 N–H and O–H groups in total. The smallest absolute Gasteiger partial charge is 0.269 e. The normalized spacial score (nSPS) is 9.71. The standard InChI is InChI=1S/C15H14N4O4S/c1-23-13-8-4-11(5-9-13)16-15(24)18-17-14(20)10-2-6-12(7-3-10)19(21)22/h2-9H,1H3,(H,17,20)(H2,16,18,24). The summed E-state index contributed by atoms with van der Waals surface area (Å²) < 4.78 is 5.05. The summed E-state index contributed by atoms with van der Waals surface area (Å²) in [5.74, 6) is 0.245. The van der Waals surface area contributed by atoms with Gasteiger partial charge in [0.05, 0.1) is 12.0 Å². The van der Waals surface area contributed by atoms with E-state index in [-0.39, 0.29) is 16.4 Å². The third-order valence-electron chi connectivity index (χ3n) is 2.98. The van der Waals surface area contributed by atoms with Crippen LogP contribution in [-0.4, -0.2) is 23.1 Å². The predicted octanol–water partition coefficient (Wildman–Crippen LogP) is 2.23. The molecule has 0 bridgehead atoms. The van der Waals surface area contributed by atoms with Crippen LogP contribution in [0.2, 0.25) is 0 Å². The van der Waals surface area contributed by atoms with Gasteiger partial charge in [-0.3, -0.25) is 25.8 Å². The number of ether oxygens (including phenoxy) is 1. The molecule has 0 atom stereocenters. The molecule has 0 unspecified atom stereocenters. The molecule has 2 aromatic rings. The van der Waals surface area contributed by atoms with Crippen molar-refractivity contribution in [2.75, 3.05) is 12.4 Å². The van der Waals surface area contributed by atoms with Gasteiger partial charge in [-0.25, -0.2) is 0 Å². The molecule has 0 aromatic heterocycles. The number of methoxy groups -OCH3 is 1. The van der Waals surface area contributed by atoms with Crippen LogP contribution >= 0.6 is 12.2 Å². The number of nitrogens with zero attached hydrogens (tertiary/aromatic N) is 1. The molecule has 2 aromatic carbocycles. The maximum absolute atomic E-state index is 11.9. The molecule has 8 nitrogen and oxygen atoms in total. The number of nitrogens with one attached hydrogen (secondary N) is 3. The number of amides is 1. The Morgan fingerprint density at radius 1 is 1.08 bits per heavy atom. The summed E-state index contributed by atoms with van der Waals surface area (Å²) >= 11 is 5.06.